The minimum absolute atomic E-state index is 0.197. The van der Waals surface area contributed by atoms with Crippen LogP contribution < -0.4 is 0 Å². The smallest absolute Gasteiger partial charge is 0.336 e. The number of aryl methyl sites for hydroxylation is 3. The Balaban J connectivity index is 2.12. The number of hydrogen-bond donors (Lipinski definition) is 1. The maximum absolute atomic E-state index is 11.5. The van der Waals surface area contributed by atoms with Crippen LogP contribution in [-0.2, 0) is 13.6 Å². The summed E-state index contributed by atoms with van der Waals surface area (Å²) in [6, 6.07) is 1.55. The summed E-state index contributed by atoms with van der Waals surface area (Å²) in [6.07, 6.45) is 5.20. The van der Waals surface area contributed by atoms with Crippen molar-refractivity contribution in [1.82, 2.24) is 29.8 Å². The molecule has 0 fully saturated rings. The highest BCUT2D eigenvalue weighted by atomic mass is 16.4. The number of pyridine rings is 1. The first-order valence-electron chi connectivity index (χ1n) is 7.15. The average Bonchev–Trinajstić information content (AvgIpc) is 3.09. The number of carboxylic acids is 1. The monoisotopic (exact) mass is 312 g/mol. The Kier molecular flexibility index (Phi) is 3.65. The Morgan fingerprint density at radius 2 is 2.17 bits per heavy atom. The van der Waals surface area contributed by atoms with Gasteiger partial charge < -0.3 is 5.11 Å². The first-order valence-corrected chi connectivity index (χ1v) is 7.15. The first-order chi connectivity index (χ1) is 11.0. The van der Waals surface area contributed by atoms with E-state index in [1.807, 2.05) is 13.0 Å². The summed E-state index contributed by atoms with van der Waals surface area (Å²) in [5.74, 6) is -0.997. The average molecular weight is 312 g/mol. The molecule has 3 heterocycles. The van der Waals surface area contributed by atoms with Crippen LogP contribution in [0.3, 0.4) is 0 Å². The quantitative estimate of drug-likeness (QED) is 0.788. The van der Waals surface area contributed by atoms with Crippen molar-refractivity contribution in [1.29, 1.82) is 0 Å². The van der Waals surface area contributed by atoms with Gasteiger partial charge in [-0.15, -0.1) is 5.10 Å². The number of carboxylic acid groups (broad SMARTS) is 1. The molecule has 3 aromatic heterocycles. The molecule has 0 saturated carbocycles. The van der Waals surface area contributed by atoms with Crippen LogP contribution in [0.2, 0.25) is 0 Å². The fraction of sp³-hybridized carbons (Fsp3) is 0.267. The second-order valence-electron chi connectivity index (χ2n) is 5.12. The Morgan fingerprint density at radius 1 is 1.39 bits per heavy atom. The molecule has 0 atom stereocenters. The van der Waals surface area contributed by atoms with Crippen molar-refractivity contribution < 1.29 is 9.90 Å². The number of aromatic nitrogens is 6. The van der Waals surface area contributed by atoms with E-state index in [0.717, 1.165) is 5.69 Å². The number of aromatic carboxylic acids is 1. The summed E-state index contributed by atoms with van der Waals surface area (Å²) >= 11 is 0. The molecular formula is C15H16N6O2. The van der Waals surface area contributed by atoms with E-state index in [9.17, 15) is 9.90 Å². The molecule has 0 saturated heterocycles. The molecule has 0 aromatic carbocycles. The molecule has 118 valence electrons. The van der Waals surface area contributed by atoms with Gasteiger partial charge in [0.05, 0.1) is 34.2 Å². The Bertz CT molecular complexity index is 922. The summed E-state index contributed by atoms with van der Waals surface area (Å²) in [5, 5.41) is 22.1. The second-order valence-corrected chi connectivity index (χ2v) is 5.12. The standard InChI is InChI=1S/C15H16N6O2/c1-4-21-11(8-16-19-21)6-5-10-7-12(15(22)23)13-9(2)18-20(3)14(13)17-10/h5-8H,4H2,1-3H3,(H,22,23)/b6-5+. The summed E-state index contributed by atoms with van der Waals surface area (Å²) in [4.78, 5) is 16.0. The van der Waals surface area contributed by atoms with Crippen LogP contribution in [-0.4, -0.2) is 40.8 Å². The van der Waals surface area contributed by atoms with Gasteiger partial charge in [0.25, 0.3) is 0 Å². The van der Waals surface area contributed by atoms with Crippen molar-refractivity contribution in [3.63, 3.8) is 0 Å². The van der Waals surface area contributed by atoms with Gasteiger partial charge in [-0.05, 0) is 32.1 Å². The third-order valence-corrected chi connectivity index (χ3v) is 3.59. The summed E-state index contributed by atoms with van der Waals surface area (Å²) in [7, 11) is 1.75. The van der Waals surface area contributed by atoms with Crippen LogP contribution in [0.15, 0.2) is 12.3 Å². The molecule has 3 aromatic rings. The van der Waals surface area contributed by atoms with E-state index in [2.05, 4.69) is 20.4 Å². The highest BCUT2D eigenvalue weighted by Crippen LogP contribution is 2.22. The minimum atomic E-state index is -0.997. The molecule has 0 bridgehead atoms. The third-order valence-electron chi connectivity index (χ3n) is 3.59. The molecule has 8 nitrogen and oxygen atoms in total. The van der Waals surface area contributed by atoms with Crippen molar-refractivity contribution in [2.75, 3.05) is 0 Å². The van der Waals surface area contributed by atoms with Gasteiger partial charge in [-0.1, -0.05) is 5.21 Å². The molecule has 0 aliphatic heterocycles. The number of carbonyl (C=O) groups is 1. The Labute approximate surface area is 132 Å². The van der Waals surface area contributed by atoms with Gasteiger partial charge in [0.2, 0.25) is 0 Å². The van der Waals surface area contributed by atoms with E-state index in [1.165, 1.54) is 0 Å². The summed E-state index contributed by atoms with van der Waals surface area (Å²) < 4.78 is 3.33. The zero-order valence-electron chi connectivity index (χ0n) is 13.1. The van der Waals surface area contributed by atoms with E-state index in [1.54, 1.807) is 41.7 Å². The third kappa shape index (κ3) is 2.59. The molecule has 0 amide bonds. The largest absolute Gasteiger partial charge is 0.478 e. The predicted octanol–water partition coefficient (Wildman–Crippen LogP) is 1.76. The van der Waals surface area contributed by atoms with Crippen LogP contribution in [0, 0.1) is 6.92 Å². The fourth-order valence-electron chi connectivity index (χ4n) is 2.53. The zero-order valence-corrected chi connectivity index (χ0v) is 13.1. The van der Waals surface area contributed by atoms with Crippen LogP contribution in [0.25, 0.3) is 23.2 Å². The molecule has 8 heteroatoms. The van der Waals surface area contributed by atoms with Crippen LogP contribution in [0.1, 0.15) is 34.4 Å². The highest BCUT2D eigenvalue weighted by molar-refractivity contribution is 6.03. The van der Waals surface area contributed by atoms with Gasteiger partial charge in [0, 0.05) is 13.6 Å². The topological polar surface area (TPSA) is 98.7 Å². The molecule has 0 spiro atoms. The van der Waals surface area contributed by atoms with Crippen LogP contribution >= 0.6 is 0 Å². The normalized spacial score (nSPS) is 11.6. The molecule has 1 N–H and O–H groups in total. The number of nitrogens with zero attached hydrogens (tertiary/aromatic N) is 6. The van der Waals surface area contributed by atoms with E-state index in [-0.39, 0.29) is 5.56 Å². The SMILES string of the molecule is CCn1nncc1/C=C/c1cc(C(=O)O)c2c(C)nn(C)c2n1. The molecule has 0 aliphatic rings. The minimum Gasteiger partial charge on any atom is -0.478 e. The van der Waals surface area contributed by atoms with Gasteiger partial charge in [0.1, 0.15) is 0 Å². The van der Waals surface area contributed by atoms with Gasteiger partial charge in [-0.25, -0.2) is 14.5 Å². The summed E-state index contributed by atoms with van der Waals surface area (Å²) in [5.41, 5.74) is 2.76. The predicted molar refractivity (Wildman–Crippen MR) is 84.8 cm³/mol. The lowest BCUT2D eigenvalue weighted by Gasteiger charge is -2.02. The van der Waals surface area contributed by atoms with Crippen molar-refractivity contribution in [2.45, 2.75) is 20.4 Å². The number of hydrogen-bond acceptors (Lipinski definition) is 5. The van der Waals surface area contributed by atoms with E-state index >= 15 is 0 Å². The summed E-state index contributed by atoms with van der Waals surface area (Å²) in [6.45, 7) is 4.45. The van der Waals surface area contributed by atoms with Gasteiger partial charge in [-0.3, -0.25) is 4.68 Å². The van der Waals surface area contributed by atoms with Gasteiger partial charge in [-0.2, -0.15) is 5.10 Å². The molecule has 0 aliphatic carbocycles. The highest BCUT2D eigenvalue weighted by Gasteiger charge is 2.17. The maximum atomic E-state index is 11.5. The van der Waals surface area contributed by atoms with Crippen LogP contribution in [0.4, 0.5) is 0 Å². The van der Waals surface area contributed by atoms with Gasteiger partial charge >= 0.3 is 5.97 Å². The van der Waals surface area contributed by atoms with E-state index < -0.39 is 5.97 Å². The van der Waals surface area contributed by atoms with Gasteiger partial charge in [0.15, 0.2) is 5.65 Å². The van der Waals surface area contributed by atoms with Crippen molar-refractivity contribution in [3.8, 4) is 0 Å². The van der Waals surface area contributed by atoms with Crippen molar-refractivity contribution >= 4 is 29.2 Å². The molecular weight excluding hydrogens is 296 g/mol. The number of rotatable bonds is 4. The van der Waals surface area contributed by atoms with Crippen molar-refractivity contribution in [3.05, 3.63) is 34.9 Å². The molecule has 3 rings (SSSR count). The lowest BCUT2D eigenvalue weighted by atomic mass is 10.1. The van der Waals surface area contributed by atoms with E-state index in [4.69, 9.17) is 0 Å². The lowest BCUT2D eigenvalue weighted by molar-refractivity contribution is 0.0699. The second kappa shape index (κ2) is 5.64. The molecule has 0 unspecified atom stereocenters. The first kappa shape index (κ1) is 14.9. The Morgan fingerprint density at radius 3 is 2.87 bits per heavy atom. The fourth-order valence-corrected chi connectivity index (χ4v) is 2.53. The molecule has 23 heavy (non-hydrogen) atoms. The lowest BCUT2D eigenvalue weighted by Crippen LogP contribution is -2.01. The molecule has 0 radical (unpaired) electrons. The maximum Gasteiger partial charge on any atom is 0.336 e. The van der Waals surface area contributed by atoms with E-state index in [0.29, 0.717) is 29.0 Å². The zero-order chi connectivity index (χ0) is 16.6. The van der Waals surface area contributed by atoms with Crippen molar-refractivity contribution in [2.24, 2.45) is 7.05 Å². The number of fused-ring (bicyclic) bond motifs is 1. The Hall–Kier alpha value is -3.03. The van der Waals surface area contributed by atoms with Crippen LogP contribution in [0.5, 0.6) is 0 Å².